The third-order valence-electron chi connectivity index (χ3n) is 0.814. The van der Waals surface area contributed by atoms with E-state index in [0.29, 0.717) is 0 Å². The van der Waals surface area contributed by atoms with Crippen LogP contribution in [0.4, 0.5) is 0 Å². The smallest absolute Gasteiger partial charge is 0.170 e. The van der Waals surface area contributed by atoms with E-state index in [1.165, 1.54) is 5.57 Å². The summed E-state index contributed by atoms with van der Waals surface area (Å²) in [4.78, 5) is 0. The highest BCUT2D eigenvalue weighted by molar-refractivity contribution is 6.45. The van der Waals surface area contributed by atoms with Gasteiger partial charge in [-0.15, -0.1) is 0 Å². The number of rotatable bonds is 3. The van der Waals surface area contributed by atoms with E-state index in [4.69, 9.17) is 4.12 Å². The molecule has 0 aromatic carbocycles. The predicted octanol–water partition coefficient (Wildman–Crippen LogP) is 0.142. The lowest BCUT2D eigenvalue weighted by molar-refractivity contribution is 0.656. The molecule has 0 radical (unpaired) electrons. The molecular formula is C5H14OSi2. The van der Waals surface area contributed by atoms with Crippen LogP contribution in [0.3, 0.4) is 0 Å². The Labute approximate surface area is 56.0 Å². The Bertz CT molecular complexity index is 76.5. The second-order valence-electron chi connectivity index (χ2n) is 1.94. The van der Waals surface area contributed by atoms with Crippen molar-refractivity contribution < 1.29 is 4.12 Å². The molecule has 0 aromatic rings. The van der Waals surface area contributed by atoms with Crippen LogP contribution in [0.15, 0.2) is 11.3 Å². The Morgan fingerprint density at radius 1 is 1.50 bits per heavy atom. The molecular weight excluding hydrogens is 132 g/mol. The first-order valence-corrected chi connectivity index (χ1v) is 6.37. The molecule has 0 atom stereocenters. The van der Waals surface area contributed by atoms with Crippen molar-refractivity contribution in [2.24, 2.45) is 0 Å². The highest BCUT2D eigenvalue weighted by Crippen LogP contribution is 1.84. The summed E-state index contributed by atoms with van der Waals surface area (Å²) in [6.45, 7) is 6.41. The molecule has 3 heteroatoms. The molecule has 8 heavy (non-hydrogen) atoms. The van der Waals surface area contributed by atoms with Crippen LogP contribution in [0.1, 0.15) is 13.8 Å². The molecule has 0 saturated heterocycles. The van der Waals surface area contributed by atoms with E-state index in [1.807, 2.05) is 0 Å². The predicted molar refractivity (Wildman–Crippen MR) is 43.5 cm³/mol. The Balaban J connectivity index is 3.03. The fourth-order valence-corrected chi connectivity index (χ4v) is 2.09. The zero-order valence-corrected chi connectivity index (χ0v) is 8.73. The third-order valence-corrected chi connectivity index (χ3v) is 4.37. The van der Waals surface area contributed by atoms with Crippen LogP contribution in [0, 0.1) is 0 Å². The van der Waals surface area contributed by atoms with Gasteiger partial charge in [0.05, 0.1) is 0 Å². The highest BCUT2D eigenvalue weighted by Gasteiger charge is 1.78. The van der Waals surface area contributed by atoms with Crippen molar-refractivity contribution in [3.8, 4) is 0 Å². The van der Waals surface area contributed by atoms with Crippen LogP contribution in [-0.2, 0) is 4.12 Å². The molecule has 0 aliphatic carbocycles. The van der Waals surface area contributed by atoms with Crippen LogP contribution in [0.5, 0.6) is 0 Å². The van der Waals surface area contributed by atoms with Crippen molar-refractivity contribution >= 4 is 19.5 Å². The van der Waals surface area contributed by atoms with Crippen LogP contribution >= 0.6 is 0 Å². The van der Waals surface area contributed by atoms with E-state index in [2.05, 4.69) is 26.1 Å². The van der Waals surface area contributed by atoms with Crippen LogP contribution in [0.25, 0.3) is 0 Å². The largest absolute Gasteiger partial charge is 0.462 e. The minimum Gasteiger partial charge on any atom is -0.462 e. The average Bonchev–Trinajstić information content (AvgIpc) is 1.66. The number of hydrogen-bond donors (Lipinski definition) is 0. The average molecular weight is 146 g/mol. The summed E-state index contributed by atoms with van der Waals surface area (Å²) in [6, 6.07) is 0. The Kier molecular flexibility index (Phi) is 5.36. The first kappa shape index (κ1) is 8.13. The van der Waals surface area contributed by atoms with E-state index in [0.717, 1.165) is 0 Å². The second-order valence-corrected chi connectivity index (χ2v) is 4.89. The summed E-state index contributed by atoms with van der Waals surface area (Å²) in [7, 11) is -0.348. The standard InChI is InChI=1S/C5H14OSi2/c1-5(2)4-8-6-7-3/h4H,7-8H2,1-3H3. The highest BCUT2D eigenvalue weighted by atomic mass is 28.3. The minimum atomic E-state index is -0.236. The maximum absolute atomic E-state index is 5.35. The molecule has 0 saturated carbocycles. The normalized spacial score (nSPS) is 11.9. The summed E-state index contributed by atoms with van der Waals surface area (Å²) in [6.07, 6.45) is 0. The van der Waals surface area contributed by atoms with E-state index < -0.39 is 0 Å². The van der Waals surface area contributed by atoms with Gasteiger partial charge in [0.25, 0.3) is 0 Å². The first-order valence-electron chi connectivity index (χ1n) is 2.98. The quantitative estimate of drug-likeness (QED) is 0.407. The third kappa shape index (κ3) is 6.13. The maximum Gasteiger partial charge on any atom is 0.170 e. The molecule has 1 nitrogen and oxygen atoms in total. The summed E-state index contributed by atoms with van der Waals surface area (Å²) in [5, 5.41) is 0. The molecule has 0 spiro atoms. The van der Waals surface area contributed by atoms with E-state index >= 15 is 0 Å². The monoisotopic (exact) mass is 146 g/mol. The van der Waals surface area contributed by atoms with Gasteiger partial charge in [0.2, 0.25) is 0 Å². The number of allylic oxidation sites excluding steroid dienone is 1. The van der Waals surface area contributed by atoms with Gasteiger partial charge in [0.1, 0.15) is 9.76 Å². The van der Waals surface area contributed by atoms with Gasteiger partial charge in [-0.25, -0.2) is 0 Å². The van der Waals surface area contributed by atoms with Crippen LogP contribution in [-0.4, -0.2) is 19.5 Å². The molecule has 48 valence electrons. The fraction of sp³-hybridized carbons (Fsp3) is 0.600. The van der Waals surface area contributed by atoms with Crippen molar-refractivity contribution in [2.75, 3.05) is 0 Å². The summed E-state index contributed by atoms with van der Waals surface area (Å²) < 4.78 is 5.35. The maximum atomic E-state index is 5.35. The van der Waals surface area contributed by atoms with Gasteiger partial charge in [-0.1, -0.05) is 17.8 Å². The van der Waals surface area contributed by atoms with Gasteiger partial charge in [-0.3, -0.25) is 0 Å². The molecule has 0 heterocycles. The van der Waals surface area contributed by atoms with Crippen molar-refractivity contribution in [1.29, 1.82) is 0 Å². The van der Waals surface area contributed by atoms with Crippen molar-refractivity contribution in [2.45, 2.75) is 20.4 Å². The van der Waals surface area contributed by atoms with Crippen LogP contribution in [0.2, 0.25) is 6.55 Å². The zero-order valence-electron chi connectivity index (χ0n) is 5.90. The molecule has 0 aliphatic rings. The fourth-order valence-electron chi connectivity index (χ4n) is 0.343. The summed E-state index contributed by atoms with van der Waals surface area (Å²) >= 11 is 0. The lowest BCUT2D eigenvalue weighted by Gasteiger charge is -1.92. The van der Waals surface area contributed by atoms with Gasteiger partial charge >= 0.3 is 0 Å². The molecule has 0 aromatic heterocycles. The molecule has 0 amide bonds. The van der Waals surface area contributed by atoms with Crippen molar-refractivity contribution in [3.63, 3.8) is 0 Å². The van der Waals surface area contributed by atoms with Crippen molar-refractivity contribution in [3.05, 3.63) is 11.3 Å². The molecule has 0 unspecified atom stereocenters. The zero-order chi connectivity index (χ0) is 6.41. The molecule has 0 N–H and O–H groups in total. The van der Waals surface area contributed by atoms with E-state index in [9.17, 15) is 0 Å². The van der Waals surface area contributed by atoms with Gasteiger partial charge in [-0.2, -0.15) is 0 Å². The van der Waals surface area contributed by atoms with Gasteiger partial charge in [-0.05, 0) is 13.8 Å². The molecule has 0 fully saturated rings. The Morgan fingerprint density at radius 3 is 2.50 bits per heavy atom. The summed E-state index contributed by atoms with van der Waals surface area (Å²) in [5.74, 6) is 0. The van der Waals surface area contributed by atoms with Gasteiger partial charge in [0, 0.05) is 0 Å². The minimum absolute atomic E-state index is 0.112. The van der Waals surface area contributed by atoms with Crippen molar-refractivity contribution in [1.82, 2.24) is 0 Å². The SMILES string of the molecule is C[SiH2]O[SiH2]C=C(C)C. The lowest BCUT2D eigenvalue weighted by atomic mass is 10.4. The Hall–Kier alpha value is 0.134. The first-order chi connectivity index (χ1) is 3.77. The molecule has 0 rings (SSSR count). The van der Waals surface area contributed by atoms with Gasteiger partial charge in [0.15, 0.2) is 9.76 Å². The number of hydrogen-bond acceptors (Lipinski definition) is 1. The second kappa shape index (κ2) is 5.27. The van der Waals surface area contributed by atoms with Crippen LogP contribution < -0.4 is 0 Å². The molecule has 0 aliphatic heterocycles. The topological polar surface area (TPSA) is 9.23 Å². The van der Waals surface area contributed by atoms with E-state index in [1.54, 1.807) is 0 Å². The molecule has 0 bridgehead atoms. The Morgan fingerprint density at radius 2 is 2.12 bits per heavy atom. The summed E-state index contributed by atoms with van der Waals surface area (Å²) in [5.41, 5.74) is 3.65. The van der Waals surface area contributed by atoms with Gasteiger partial charge < -0.3 is 4.12 Å². The lowest BCUT2D eigenvalue weighted by Crippen LogP contribution is -1.96. The van der Waals surface area contributed by atoms with E-state index in [-0.39, 0.29) is 19.5 Å².